The van der Waals surface area contributed by atoms with Crippen LogP contribution in [0.15, 0.2) is 54.9 Å². The van der Waals surface area contributed by atoms with E-state index < -0.39 is 5.60 Å². The number of anilines is 3. The van der Waals surface area contributed by atoms with Gasteiger partial charge in [-0.05, 0) is 68.0 Å². The number of pyridine rings is 2. The summed E-state index contributed by atoms with van der Waals surface area (Å²) in [6, 6.07) is 13.6. The Morgan fingerprint density at radius 3 is 2.53 bits per heavy atom. The molecule has 0 aliphatic carbocycles. The first-order valence-corrected chi connectivity index (χ1v) is 11.2. The molecule has 3 aromatic rings. The molecule has 0 bridgehead atoms. The van der Waals surface area contributed by atoms with Crippen molar-refractivity contribution in [3.63, 3.8) is 0 Å². The molecule has 1 radical (unpaired) electrons. The van der Waals surface area contributed by atoms with Gasteiger partial charge < -0.3 is 20.1 Å². The van der Waals surface area contributed by atoms with Crippen LogP contribution >= 0.6 is 0 Å². The molecular weight excluding hydrogens is 430 g/mol. The Hall–Kier alpha value is -3.75. The first-order chi connectivity index (χ1) is 16.4. The van der Waals surface area contributed by atoms with Crippen LogP contribution in [0.4, 0.5) is 17.2 Å². The van der Waals surface area contributed by atoms with Crippen molar-refractivity contribution in [2.45, 2.75) is 19.4 Å². The fourth-order valence-corrected chi connectivity index (χ4v) is 4.03. The van der Waals surface area contributed by atoms with Crippen molar-refractivity contribution in [2.75, 3.05) is 36.5 Å². The number of benzene rings is 1. The van der Waals surface area contributed by atoms with Gasteiger partial charge in [0.2, 0.25) is 0 Å². The van der Waals surface area contributed by atoms with Gasteiger partial charge in [-0.1, -0.05) is 0 Å². The number of amides is 1. The average Bonchev–Trinajstić information content (AvgIpc) is 2.84. The standard InChI is InChI=1S/C26H26N5O3/c1-26(2,33)22-8-3-18(16-28-22)21-15-17-9-10-27-25(32)23(17)24(30-21)29-19-4-6-20(7-5-19)31-11-13-34-14-12-31/h3-10,15-16,33H,11-14H2,1-2H3,(H,29,30). The molecule has 0 atom stereocenters. The average molecular weight is 457 g/mol. The first kappa shape index (κ1) is 22.1. The third-order valence-electron chi connectivity index (χ3n) is 5.90. The van der Waals surface area contributed by atoms with Crippen LogP contribution in [0.25, 0.3) is 17.3 Å². The molecule has 8 heteroatoms. The SMILES string of the molecule is CC(C)(O)c1ccc(-c2cc3c(c(Nc4ccc(N5CCOCC5)cc4)n2)C(=O)[N]C=C3)cn1. The summed E-state index contributed by atoms with van der Waals surface area (Å²) in [5, 5.41) is 17.4. The highest BCUT2D eigenvalue weighted by Gasteiger charge is 2.23. The highest BCUT2D eigenvalue weighted by Crippen LogP contribution is 2.31. The highest BCUT2D eigenvalue weighted by molar-refractivity contribution is 6.05. The molecule has 173 valence electrons. The van der Waals surface area contributed by atoms with Gasteiger partial charge in [-0.15, -0.1) is 0 Å². The Labute approximate surface area is 198 Å². The minimum absolute atomic E-state index is 0.334. The Kier molecular flexibility index (Phi) is 5.77. The molecule has 34 heavy (non-hydrogen) atoms. The fraction of sp³-hybridized carbons (Fsp3) is 0.269. The van der Waals surface area contributed by atoms with E-state index in [9.17, 15) is 9.90 Å². The lowest BCUT2D eigenvalue weighted by Gasteiger charge is -2.29. The number of morpholine rings is 1. The summed E-state index contributed by atoms with van der Waals surface area (Å²) in [4.78, 5) is 24.0. The molecule has 2 aliphatic heterocycles. The van der Waals surface area contributed by atoms with E-state index in [4.69, 9.17) is 9.72 Å². The lowest BCUT2D eigenvalue weighted by Crippen LogP contribution is -2.36. The minimum Gasteiger partial charge on any atom is -0.384 e. The zero-order valence-electron chi connectivity index (χ0n) is 19.2. The van der Waals surface area contributed by atoms with Gasteiger partial charge >= 0.3 is 0 Å². The molecule has 4 heterocycles. The smallest absolute Gasteiger partial charge is 0.281 e. The van der Waals surface area contributed by atoms with Crippen LogP contribution in [0.1, 0.15) is 35.5 Å². The van der Waals surface area contributed by atoms with E-state index in [2.05, 4.69) is 32.7 Å². The number of carbonyl (C=O) groups is 1. The third kappa shape index (κ3) is 4.50. The lowest BCUT2D eigenvalue weighted by atomic mass is 10.0. The quantitative estimate of drug-likeness (QED) is 0.604. The van der Waals surface area contributed by atoms with Crippen LogP contribution < -0.4 is 15.5 Å². The van der Waals surface area contributed by atoms with Gasteiger partial charge in [0.05, 0.1) is 30.2 Å². The molecule has 1 fully saturated rings. The van der Waals surface area contributed by atoms with Gasteiger partial charge in [-0.2, -0.15) is 0 Å². The maximum absolute atomic E-state index is 12.6. The summed E-state index contributed by atoms with van der Waals surface area (Å²) in [7, 11) is 0. The number of nitrogens with zero attached hydrogens (tertiary/aromatic N) is 4. The molecule has 2 aliphatic rings. The summed E-state index contributed by atoms with van der Waals surface area (Å²) >= 11 is 0. The van der Waals surface area contributed by atoms with Crippen molar-refractivity contribution in [1.29, 1.82) is 0 Å². The number of rotatable bonds is 5. The Balaban J connectivity index is 1.47. The monoisotopic (exact) mass is 456 g/mol. The van der Waals surface area contributed by atoms with E-state index in [-0.39, 0.29) is 5.91 Å². The highest BCUT2D eigenvalue weighted by atomic mass is 16.5. The molecule has 0 unspecified atom stereocenters. The van der Waals surface area contributed by atoms with Crippen molar-refractivity contribution in [1.82, 2.24) is 15.3 Å². The molecule has 0 saturated carbocycles. The van der Waals surface area contributed by atoms with Crippen molar-refractivity contribution in [3.8, 4) is 11.3 Å². The molecule has 1 aromatic carbocycles. The first-order valence-electron chi connectivity index (χ1n) is 11.2. The summed E-state index contributed by atoms with van der Waals surface area (Å²) in [5.41, 5.74) is 4.12. The van der Waals surface area contributed by atoms with Gasteiger partial charge in [0.15, 0.2) is 0 Å². The van der Waals surface area contributed by atoms with Crippen molar-refractivity contribution < 1.29 is 14.6 Å². The van der Waals surface area contributed by atoms with Crippen LogP contribution in [-0.2, 0) is 10.3 Å². The van der Waals surface area contributed by atoms with Crippen molar-refractivity contribution >= 4 is 29.2 Å². The maximum atomic E-state index is 12.6. The van der Waals surface area contributed by atoms with Crippen molar-refractivity contribution in [3.05, 3.63) is 71.7 Å². The van der Waals surface area contributed by atoms with E-state index in [1.165, 1.54) is 6.20 Å². The van der Waals surface area contributed by atoms with Crippen LogP contribution in [-0.4, -0.2) is 47.3 Å². The number of fused-ring (bicyclic) bond motifs is 1. The van der Waals surface area contributed by atoms with E-state index in [0.717, 1.165) is 48.8 Å². The van der Waals surface area contributed by atoms with Crippen LogP contribution in [0, 0.1) is 0 Å². The molecule has 1 amide bonds. The van der Waals surface area contributed by atoms with Crippen LogP contribution in [0.2, 0.25) is 0 Å². The number of ether oxygens (including phenoxy) is 1. The van der Waals surface area contributed by atoms with Crippen molar-refractivity contribution in [2.24, 2.45) is 0 Å². The van der Waals surface area contributed by atoms with Gasteiger partial charge in [0.1, 0.15) is 11.4 Å². The van der Waals surface area contributed by atoms with E-state index in [1.807, 2.05) is 24.3 Å². The largest absolute Gasteiger partial charge is 0.384 e. The molecule has 2 aromatic heterocycles. The Morgan fingerprint density at radius 2 is 1.85 bits per heavy atom. The summed E-state index contributed by atoms with van der Waals surface area (Å²) in [6.07, 6.45) is 4.99. The number of aromatic nitrogens is 2. The molecule has 1 saturated heterocycles. The normalized spacial score (nSPS) is 15.6. The Bertz CT molecular complexity index is 1230. The third-order valence-corrected chi connectivity index (χ3v) is 5.90. The van der Waals surface area contributed by atoms with E-state index in [1.54, 1.807) is 32.2 Å². The number of aliphatic hydroxyl groups is 1. The van der Waals surface area contributed by atoms with Crippen LogP contribution in [0.5, 0.6) is 0 Å². The maximum Gasteiger partial charge on any atom is 0.281 e. The predicted molar refractivity (Wildman–Crippen MR) is 131 cm³/mol. The molecule has 8 nitrogen and oxygen atoms in total. The van der Waals surface area contributed by atoms with Crippen LogP contribution in [0.3, 0.4) is 0 Å². The van der Waals surface area contributed by atoms with Gasteiger partial charge in [0, 0.05) is 42.4 Å². The molecule has 5 rings (SSSR count). The minimum atomic E-state index is -1.03. The lowest BCUT2D eigenvalue weighted by molar-refractivity contribution is 0.0738. The molecular formula is C26H26N5O3. The predicted octanol–water partition coefficient (Wildman–Crippen LogP) is 3.68. The zero-order chi connectivity index (χ0) is 23.7. The van der Waals surface area contributed by atoms with Gasteiger partial charge in [-0.25, -0.2) is 10.3 Å². The Morgan fingerprint density at radius 1 is 1.09 bits per heavy atom. The number of carbonyl (C=O) groups excluding carboxylic acids is 1. The van der Waals surface area contributed by atoms with Gasteiger partial charge in [0.25, 0.3) is 5.91 Å². The summed E-state index contributed by atoms with van der Waals surface area (Å²) < 4.78 is 5.43. The molecule has 0 spiro atoms. The number of hydrogen-bond acceptors (Lipinski definition) is 7. The summed E-state index contributed by atoms with van der Waals surface area (Å²) in [5.74, 6) is 0.107. The molecule has 2 N–H and O–H groups in total. The number of nitrogens with one attached hydrogen (secondary N) is 1. The van der Waals surface area contributed by atoms with E-state index in [0.29, 0.717) is 22.8 Å². The number of hydrogen-bond donors (Lipinski definition) is 2. The van der Waals surface area contributed by atoms with Gasteiger partial charge in [-0.3, -0.25) is 9.78 Å². The van der Waals surface area contributed by atoms with E-state index >= 15 is 0 Å². The second-order valence-electron chi connectivity index (χ2n) is 8.83. The second-order valence-corrected chi connectivity index (χ2v) is 8.83. The topological polar surface area (TPSA) is 102 Å². The second kappa shape index (κ2) is 8.89. The fourth-order valence-electron chi connectivity index (χ4n) is 4.03. The summed E-state index contributed by atoms with van der Waals surface area (Å²) in [6.45, 7) is 6.58. The zero-order valence-corrected chi connectivity index (χ0v) is 19.2.